The highest BCUT2D eigenvalue weighted by molar-refractivity contribution is 7.91. The highest BCUT2D eigenvalue weighted by Gasteiger charge is 2.63. The van der Waals surface area contributed by atoms with Crippen LogP contribution < -0.4 is 15.4 Å². The number of hydrogen-bond acceptors (Lipinski definition) is 9. The predicted octanol–water partition coefficient (Wildman–Crippen LogP) is 3.53. The van der Waals surface area contributed by atoms with Crippen LogP contribution in [0.5, 0.6) is 0 Å². The number of fused-ring (bicyclic) bond motifs is 3. The quantitative estimate of drug-likeness (QED) is 0.380. The van der Waals surface area contributed by atoms with E-state index >= 15 is 0 Å². The molecule has 1 aromatic rings. The molecular formula is C36H48FN5O9S. The largest absolute Gasteiger partial charge is 0.444 e. The minimum atomic E-state index is -4.02. The molecule has 3 fully saturated rings. The van der Waals surface area contributed by atoms with E-state index in [1.807, 2.05) is 12.2 Å². The Morgan fingerprint density at radius 1 is 1.08 bits per heavy atom. The predicted molar refractivity (Wildman–Crippen MR) is 185 cm³/mol. The van der Waals surface area contributed by atoms with Crippen LogP contribution in [-0.4, -0.2) is 88.7 Å². The van der Waals surface area contributed by atoms with Gasteiger partial charge in [-0.25, -0.2) is 22.4 Å². The van der Waals surface area contributed by atoms with Crippen molar-refractivity contribution >= 4 is 39.9 Å². The number of allylic oxidation sites excluding steroid dienone is 1. The average molecular weight is 746 g/mol. The number of amides is 5. The molecule has 3 heterocycles. The van der Waals surface area contributed by atoms with E-state index in [9.17, 15) is 36.8 Å². The zero-order chi connectivity index (χ0) is 37.6. The maximum Gasteiger partial charge on any atom is 0.410 e. The number of halogens is 1. The topological polar surface area (TPSA) is 181 Å². The van der Waals surface area contributed by atoms with E-state index in [1.165, 1.54) is 15.9 Å². The molecule has 5 unspecified atom stereocenters. The lowest BCUT2D eigenvalue weighted by molar-refractivity contribution is -0.141. The second-order valence-corrected chi connectivity index (χ2v) is 18.1. The van der Waals surface area contributed by atoms with E-state index in [0.717, 1.165) is 12.8 Å². The van der Waals surface area contributed by atoms with E-state index in [2.05, 4.69) is 15.4 Å². The first-order valence-corrected chi connectivity index (χ1v) is 19.5. The Kier molecular flexibility index (Phi) is 10.1. The Bertz CT molecular complexity index is 1770. The molecule has 1 saturated heterocycles. The lowest BCUT2D eigenvalue weighted by Gasteiger charge is -2.30. The number of sulfonamides is 1. The number of rotatable bonds is 5. The monoisotopic (exact) mass is 745 g/mol. The third-order valence-corrected chi connectivity index (χ3v) is 12.8. The van der Waals surface area contributed by atoms with Gasteiger partial charge in [0.05, 0.1) is 17.8 Å². The molecule has 5 atom stereocenters. The van der Waals surface area contributed by atoms with Crippen molar-refractivity contribution in [2.24, 2.45) is 5.92 Å². The first-order valence-electron chi connectivity index (χ1n) is 18.0. The summed E-state index contributed by atoms with van der Waals surface area (Å²) in [7, 11) is -4.02. The summed E-state index contributed by atoms with van der Waals surface area (Å²) in [6.45, 7) is 6.57. The van der Waals surface area contributed by atoms with Crippen molar-refractivity contribution in [2.75, 3.05) is 6.54 Å². The van der Waals surface area contributed by atoms with E-state index in [1.54, 1.807) is 39.8 Å². The third-order valence-electron chi connectivity index (χ3n) is 10.6. The van der Waals surface area contributed by atoms with E-state index < -0.39 is 85.7 Å². The van der Waals surface area contributed by atoms with Crippen molar-refractivity contribution in [3.8, 4) is 0 Å². The number of carbonyl (C=O) groups is 5. The molecule has 0 spiro atoms. The summed E-state index contributed by atoms with van der Waals surface area (Å²) in [6, 6.07) is 2.29. The maximum absolute atomic E-state index is 14.4. The Morgan fingerprint density at radius 3 is 2.52 bits per heavy atom. The van der Waals surface area contributed by atoms with Crippen LogP contribution in [0.15, 0.2) is 30.4 Å². The van der Waals surface area contributed by atoms with Crippen molar-refractivity contribution in [3.05, 3.63) is 47.3 Å². The van der Waals surface area contributed by atoms with Crippen molar-refractivity contribution in [1.82, 2.24) is 25.2 Å². The lowest BCUT2D eigenvalue weighted by atomic mass is 10.0. The molecule has 3 aliphatic heterocycles. The van der Waals surface area contributed by atoms with Gasteiger partial charge in [-0.3, -0.25) is 24.0 Å². The molecule has 0 bridgehead atoms. The van der Waals surface area contributed by atoms with E-state index in [4.69, 9.17) is 9.47 Å². The summed E-state index contributed by atoms with van der Waals surface area (Å²) in [5, 5.41) is 5.46. The summed E-state index contributed by atoms with van der Waals surface area (Å²) >= 11 is 0. The molecular weight excluding hydrogens is 697 g/mol. The van der Waals surface area contributed by atoms with Gasteiger partial charge in [-0.05, 0) is 77.8 Å². The molecule has 16 heteroatoms. The number of nitrogens with zero attached hydrogens (tertiary/aromatic N) is 2. The Labute approximate surface area is 303 Å². The number of ether oxygens (including phenoxy) is 2. The third kappa shape index (κ3) is 7.91. The van der Waals surface area contributed by atoms with Gasteiger partial charge in [-0.1, -0.05) is 37.1 Å². The molecule has 14 nitrogen and oxygen atoms in total. The second kappa shape index (κ2) is 14.0. The van der Waals surface area contributed by atoms with Crippen molar-refractivity contribution in [2.45, 2.75) is 133 Å². The zero-order valence-corrected chi connectivity index (χ0v) is 30.9. The highest BCUT2D eigenvalue weighted by atomic mass is 32.2. The number of benzene rings is 1. The zero-order valence-electron chi connectivity index (χ0n) is 30.0. The van der Waals surface area contributed by atoms with E-state index in [-0.39, 0.29) is 38.9 Å². The molecule has 2 aliphatic carbocycles. The Hall–Kier alpha value is -4.21. The summed E-state index contributed by atoms with van der Waals surface area (Å²) in [4.78, 5) is 71.1. The van der Waals surface area contributed by atoms with Crippen LogP contribution in [0.2, 0.25) is 0 Å². The minimum absolute atomic E-state index is 0.00348. The molecule has 5 amide bonds. The number of carbonyl (C=O) groups excluding carboxylic acids is 5. The lowest BCUT2D eigenvalue weighted by Crippen LogP contribution is -2.58. The average Bonchev–Trinajstić information content (AvgIpc) is 3.84. The smallest absolute Gasteiger partial charge is 0.410 e. The standard InChI is InChI=1S/C36H48FN5O9S/c1-34(2,3)51-32(46)38-27-14-9-7-5-6-8-12-23-18-36(23,31(45)40-52(48,49)35(4)15-16-35)39-29(43)28-17-24(20-42(28)30(27)44)50-33(47)41-19-22-11-10-13-26(37)25(22)21-41/h8,10-13,23-24,27-28H,5-7,9,14-21H2,1-4H3,(H,38,46)(H,39,43)(H,40,45). The Morgan fingerprint density at radius 2 is 1.83 bits per heavy atom. The molecule has 0 radical (unpaired) electrons. The fourth-order valence-corrected chi connectivity index (χ4v) is 8.44. The van der Waals surface area contributed by atoms with Crippen LogP contribution in [0.3, 0.4) is 0 Å². The first kappa shape index (κ1) is 37.5. The van der Waals surface area contributed by atoms with Gasteiger partial charge in [-0.2, -0.15) is 0 Å². The molecule has 0 aromatic heterocycles. The van der Waals surface area contributed by atoms with E-state index in [0.29, 0.717) is 36.8 Å². The van der Waals surface area contributed by atoms with Gasteiger partial charge in [-0.15, -0.1) is 0 Å². The number of nitrogens with one attached hydrogen (secondary N) is 3. The SMILES string of the molecule is CC(C)(C)OC(=O)NC1CCCCCC=CC2CC2(C(=O)NS(=O)(=O)C2(C)CC2)NC(=O)C2CC(OC(=O)N3Cc4cccc(F)c4C3)CN2C1=O. The van der Waals surface area contributed by atoms with Gasteiger partial charge in [0.25, 0.3) is 5.91 Å². The highest BCUT2D eigenvalue weighted by Crippen LogP contribution is 2.47. The van der Waals surface area contributed by atoms with Gasteiger partial charge in [0.1, 0.15) is 35.1 Å². The molecule has 5 aliphatic rings. The molecule has 284 valence electrons. The summed E-state index contributed by atoms with van der Waals surface area (Å²) in [6.07, 6.45) is 5.00. The van der Waals surface area contributed by atoms with Gasteiger partial charge in [0.15, 0.2) is 0 Å². The van der Waals surface area contributed by atoms with Crippen LogP contribution in [0, 0.1) is 11.7 Å². The van der Waals surface area contributed by atoms with Gasteiger partial charge >= 0.3 is 12.2 Å². The van der Waals surface area contributed by atoms with Crippen molar-refractivity contribution in [3.63, 3.8) is 0 Å². The number of hydrogen-bond donors (Lipinski definition) is 3. The molecule has 52 heavy (non-hydrogen) atoms. The second-order valence-electron chi connectivity index (χ2n) is 15.9. The molecule has 3 N–H and O–H groups in total. The minimum Gasteiger partial charge on any atom is -0.444 e. The molecule has 1 aromatic carbocycles. The fraction of sp³-hybridized carbons (Fsp3) is 0.639. The van der Waals surface area contributed by atoms with Crippen LogP contribution in [0.25, 0.3) is 0 Å². The van der Waals surface area contributed by atoms with Crippen molar-refractivity contribution < 1.29 is 46.3 Å². The molecule has 2 saturated carbocycles. The van der Waals surface area contributed by atoms with Gasteiger partial charge < -0.3 is 25.0 Å². The first-order chi connectivity index (χ1) is 24.4. The summed E-state index contributed by atoms with van der Waals surface area (Å²) in [5.74, 6) is -3.09. The van der Waals surface area contributed by atoms with Gasteiger partial charge in [0, 0.05) is 24.4 Å². The van der Waals surface area contributed by atoms with Crippen LogP contribution in [-0.2, 0) is 47.0 Å². The van der Waals surface area contributed by atoms with Crippen LogP contribution >= 0.6 is 0 Å². The normalized spacial score (nSPS) is 28.6. The summed E-state index contributed by atoms with van der Waals surface area (Å²) in [5.41, 5.74) is -1.38. The number of alkyl carbamates (subject to hydrolysis) is 1. The van der Waals surface area contributed by atoms with Crippen molar-refractivity contribution in [1.29, 1.82) is 0 Å². The summed E-state index contributed by atoms with van der Waals surface area (Å²) < 4.78 is 52.9. The fourth-order valence-electron chi connectivity index (χ4n) is 7.12. The van der Waals surface area contributed by atoms with Crippen LogP contribution in [0.1, 0.15) is 96.6 Å². The van der Waals surface area contributed by atoms with Crippen LogP contribution in [0.4, 0.5) is 14.0 Å². The Balaban J connectivity index is 1.26. The van der Waals surface area contributed by atoms with Gasteiger partial charge in [0.2, 0.25) is 21.8 Å². The maximum atomic E-state index is 14.4. The molecule has 6 rings (SSSR count).